The molecule has 0 fully saturated rings. The van der Waals surface area contributed by atoms with Crippen molar-refractivity contribution >= 4 is 42.5 Å². The molecule has 1 aliphatic heterocycles. The average Bonchev–Trinajstić information content (AvgIpc) is 3.14. The van der Waals surface area contributed by atoms with E-state index in [2.05, 4.69) is 13.8 Å². The van der Waals surface area contributed by atoms with Gasteiger partial charge in [0, 0.05) is 23.4 Å². The summed E-state index contributed by atoms with van der Waals surface area (Å²) >= 11 is 0. The van der Waals surface area contributed by atoms with Crippen LogP contribution in [0.15, 0.2) is 54.6 Å². The zero-order chi connectivity index (χ0) is 25.1. The molecule has 3 aromatic rings. The van der Waals surface area contributed by atoms with Crippen LogP contribution in [-0.4, -0.2) is 23.5 Å². The maximum absolute atomic E-state index is 13.4. The number of hydrogen-bond donors (Lipinski definition) is 1. The molecule has 0 amide bonds. The number of carbonyl (C=O) groups excluding carboxylic acids is 2. The van der Waals surface area contributed by atoms with Crippen molar-refractivity contribution in [2.75, 3.05) is 6.61 Å². The maximum atomic E-state index is 13.4. The SMILES string of the molecule is Cc1ccc(-c2c(CN)c(CC(C)C)nc(C)c2C(=O)OCC=C2OC(=O)c3ccccc32)cc1.Cl.Cl. The lowest BCUT2D eigenvalue weighted by atomic mass is 9.90. The number of halogens is 2. The van der Waals surface area contributed by atoms with Crippen LogP contribution in [0.5, 0.6) is 0 Å². The summed E-state index contributed by atoms with van der Waals surface area (Å²) < 4.78 is 11.0. The number of cyclic esters (lactones) is 1. The van der Waals surface area contributed by atoms with Crippen LogP contribution in [0.1, 0.15) is 62.6 Å². The number of aryl methyl sites for hydroxylation is 2. The standard InChI is InChI=1S/C29H30N2O4.2ClH/c1-17(2)15-24-23(16-30)27(20-11-9-18(3)10-12-20)26(19(4)31-24)29(33)34-14-13-25-21-7-5-6-8-22(21)28(32)35-25;;/h5-13,17H,14-16,30H2,1-4H3;2*1H. The second kappa shape index (κ2) is 12.9. The molecule has 0 saturated carbocycles. The number of esters is 2. The molecular weight excluding hydrogens is 511 g/mol. The fourth-order valence-electron chi connectivity index (χ4n) is 4.37. The zero-order valence-electron chi connectivity index (χ0n) is 21.4. The van der Waals surface area contributed by atoms with Gasteiger partial charge in [0.25, 0.3) is 0 Å². The van der Waals surface area contributed by atoms with Crippen molar-refractivity contribution in [3.05, 3.63) is 93.8 Å². The minimum atomic E-state index is -0.495. The van der Waals surface area contributed by atoms with E-state index < -0.39 is 11.9 Å². The molecule has 1 aliphatic rings. The number of hydrogen-bond acceptors (Lipinski definition) is 6. The summed E-state index contributed by atoms with van der Waals surface area (Å²) in [5.41, 5.74) is 13.0. The Kier molecular flexibility index (Phi) is 10.4. The Morgan fingerprint density at radius 1 is 1.05 bits per heavy atom. The molecule has 1 aromatic heterocycles. The number of nitrogens with two attached hydrogens (primary N) is 1. The lowest BCUT2D eigenvalue weighted by Crippen LogP contribution is -2.17. The lowest BCUT2D eigenvalue weighted by molar-refractivity contribution is 0.0548. The molecule has 0 spiro atoms. The van der Waals surface area contributed by atoms with Gasteiger partial charge in [-0.3, -0.25) is 4.98 Å². The third kappa shape index (κ3) is 6.39. The molecular formula is C29H32Cl2N2O4. The average molecular weight is 543 g/mol. The minimum absolute atomic E-state index is 0. The fraction of sp³-hybridized carbons (Fsp3) is 0.276. The van der Waals surface area contributed by atoms with Crippen LogP contribution < -0.4 is 5.73 Å². The van der Waals surface area contributed by atoms with Crippen molar-refractivity contribution in [2.24, 2.45) is 11.7 Å². The van der Waals surface area contributed by atoms with Crippen molar-refractivity contribution < 1.29 is 19.1 Å². The van der Waals surface area contributed by atoms with E-state index in [1.54, 1.807) is 24.3 Å². The van der Waals surface area contributed by atoms with Gasteiger partial charge >= 0.3 is 11.9 Å². The Bertz CT molecular complexity index is 1320. The number of pyridine rings is 1. The Balaban J connectivity index is 0.00000241. The van der Waals surface area contributed by atoms with Gasteiger partial charge in [0.05, 0.1) is 16.8 Å². The van der Waals surface area contributed by atoms with Gasteiger partial charge in [-0.05, 0) is 49.5 Å². The van der Waals surface area contributed by atoms with E-state index in [1.807, 2.05) is 44.2 Å². The Morgan fingerprint density at radius 3 is 2.32 bits per heavy atom. The molecule has 37 heavy (non-hydrogen) atoms. The predicted octanol–water partition coefficient (Wildman–Crippen LogP) is 6.23. The lowest BCUT2D eigenvalue weighted by Gasteiger charge is -2.20. The van der Waals surface area contributed by atoms with Gasteiger partial charge in [-0.2, -0.15) is 0 Å². The maximum Gasteiger partial charge on any atom is 0.344 e. The van der Waals surface area contributed by atoms with E-state index in [9.17, 15) is 9.59 Å². The smallest absolute Gasteiger partial charge is 0.344 e. The topological polar surface area (TPSA) is 91.5 Å². The second-order valence-corrected chi connectivity index (χ2v) is 9.14. The molecule has 0 aliphatic carbocycles. The first-order valence-corrected chi connectivity index (χ1v) is 11.8. The van der Waals surface area contributed by atoms with Crippen molar-refractivity contribution in [2.45, 2.75) is 40.7 Å². The molecule has 2 heterocycles. The van der Waals surface area contributed by atoms with Gasteiger partial charge < -0.3 is 15.2 Å². The van der Waals surface area contributed by atoms with Crippen molar-refractivity contribution in [1.29, 1.82) is 0 Å². The van der Waals surface area contributed by atoms with Gasteiger partial charge in [-0.1, -0.05) is 61.9 Å². The van der Waals surface area contributed by atoms with E-state index in [4.69, 9.17) is 20.2 Å². The molecule has 196 valence electrons. The Labute approximate surface area is 230 Å². The van der Waals surface area contributed by atoms with E-state index in [0.717, 1.165) is 34.4 Å². The number of nitrogens with zero attached hydrogens (tertiary/aromatic N) is 1. The molecule has 8 heteroatoms. The minimum Gasteiger partial charge on any atom is -0.458 e. The van der Waals surface area contributed by atoms with Gasteiger partial charge in [0.2, 0.25) is 0 Å². The molecule has 0 bridgehead atoms. The van der Waals surface area contributed by atoms with Crippen molar-refractivity contribution in [1.82, 2.24) is 4.98 Å². The van der Waals surface area contributed by atoms with Crippen LogP contribution in [0, 0.1) is 19.8 Å². The molecule has 0 atom stereocenters. The molecule has 2 N–H and O–H groups in total. The highest BCUT2D eigenvalue weighted by Crippen LogP contribution is 2.33. The highest BCUT2D eigenvalue weighted by atomic mass is 35.5. The quantitative estimate of drug-likeness (QED) is 0.355. The number of fused-ring (bicyclic) bond motifs is 1. The first-order chi connectivity index (χ1) is 16.8. The Hall–Kier alpha value is -3.19. The van der Waals surface area contributed by atoms with Crippen molar-refractivity contribution in [3.8, 4) is 11.1 Å². The van der Waals surface area contributed by atoms with Crippen LogP contribution in [0.25, 0.3) is 16.9 Å². The monoisotopic (exact) mass is 542 g/mol. The summed E-state index contributed by atoms with van der Waals surface area (Å²) in [6, 6.07) is 15.1. The van der Waals surface area contributed by atoms with E-state index >= 15 is 0 Å². The van der Waals surface area contributed by atoms with E-state index in [0.29, 0.717) is 34.1 Å². The number of benzene rings is 2. The molecule has 4 rings (SSSR count). The van der Waals surface area contributed by atoms with Gasteiger partial charge in [0.1, 0.15) is 12.4 Å². The van der Waals surface area contributed by atoms with Crippen molar-refractivity contribution in [3.63, 3.8) is 0 Å². The van der Waals surface area contributed by atoms with Crippen LogP contribution in [0.4, 0.5) is 0 Å². The summed E-state index contributed by atoms with van der Waals surface area (Å²) in [6.45, 7) is 8.32. The fourth-order valence-corrected chi connectivity index (χ4v) is 4.37. The van der Waals surface area contributed by atoms with Gasteiger partial charge in [-0.25, -0.2) is 9.59 Å². The van der Waals surface area contributed by atoms with Crippen LogP contribution in [0.2, 0.25) is 0 Å². The highest BCUT2D eigenvalue weighted by molar-refractivity contribution is 6.03. The number of ether oxygens (including phenoxy) is 2. The third-order valence-corrected chi connectivity index (χ3v) is 6.01. The molecule has 0 radical (unpaired) electrons. The summed E-state index contributed by atoms with van der Waals surface area (Å²) in [6.07, 6.45) is 2.37. The summed E-state index contributed by atoms with van der Waals surface area (Å²) in [5, 5.41) is 0. The highest BCUT2D eigenvalue weighted by Gasteiger charge is 2.27. The van der Waals surface area contributed by atoms with E-state index in [1.165, 1.54) is 0 Å². The molecule has 6 nitrogen and oxygen atoms in total. The number of rotatable bonds is 7. The first kappa shape index (κ1) is 30.0. The predicted molar refractivity (Wildman–Crippen MR) is 150 cm³/mol. The van der Waals surface area contributed by atoms with Crippen LogP contribution in [-0.2, 0) is 22.4 Å². The van der Waals surface area contributed by atoms with Gasteiger partial charge in [0.15, 0.2) is 0 Å². The largest absolute Gasteiger partial charge is 0.458 e. The summed E-state index contributed by atoms with van der Waals surface area (Å²) in [4.78, 5) is 30.2. The van der Waals surface area contributed by atoms with Gasteiger partial charge in [-0.15, -0.1) is 24.8 Å². The number of carbonyl (C=O) groups is 2. The van der Waals surface area contributed by atoms with Crippen LogP contribution in [0.3, 0.4) is 0 Å². The summed E-state index contributed by atoms with van der Waals surface area (Å²) in [5.74, 6) is -0.125. The Morgan fingerprint density at radius 2 is 1.70 bits per heavy atom. The second-order valence-electron chi connectivity index (χ2n) is 9.14. The van der Waals surface area contributed by atoms with Crippen LogP contribution >= 0.6 is 24.8 Å². The molecule has 2 aromatic carbocycles. The normalized spacial score (nSPS) is 13.0. The van der Waals surface area contributed by atoms with E-state index in [-0.39, 0.29) is 38.0 Å². The molecule has 0 saturated heterocycles. The first-order valence-electron chi connectivity index (χ1n) is 11.8. The zero-order valence-corrected chi connectivity index (χ0v) is 23.0. The third-order valence-electron chi connectivity index (χ3n) is 6.01. The summed E-state index contributed by atoms with van der Waals surface area (Å²) in [7, 11) is 0. The molecule has 0 unspecified atom stereocenters. The number of aromatic nitrogens is 1.